The summed E-state index contributed by atoms with van der Waals surface area (Å²) in [6.45, 7) is 0.368. The van der Waals surface area contributed by atoms with Crippen molar-refractivity contribution in [3.05, 3.63) is 35.9 Å². The van der Waals surface area contributed by atoms with Crippen molar-refractivity contribution in [2.24, 2.45) is 0 Å². The summed E-state index contributed by atoms with van der Waals surface area (Å²) in [5.74, 6) is 0. The first-order valence-electron chi connectivity index (χ1n) is 3.93. The average Bonchev–Trinajstić information content (AvgIpc) is 2.19. The van der Waals surface area contributed by atoms with E-state index in [0.717, 1.165) is 5.56 Å². The summed E-state index contributed by atoms with van der Waals surface area (Å²) in [5, 5.41) is 2.24. The number of nitrogens with one attached hydrogen (secondary N) is 1. The van der Waals surface area contributed by atoms with Gasteiger partial charge >= 0.3 is 6.09 Å². The van der Waals surface area contributed by atoms with Crippen LogP contribution in [0.4, 0.5) is 9.32 Å². The zero-order valence-electron chi connectivity index (χ0n) is 7.00. The van der Waals surface area contributed by atoms with E-state index in [-0.39, 0.29) is 0 Å². The van der Waals surface area contributed by atoms with Gasteiger partial charge in [-0.1, -0.05) is 30.3 Å². The fraction of sp³-hybridized carbons (Fsp3) is 0.222. The van der Waals surface area contributed by atoms with Gasteiger partial charge in [0.15, 0.2) is 0 Å². The van der Waals surface area contributed by atoms with Gasteiger partial charge in [0.25, 0.3) is 0 Å². The second-order valence-corrected chi connectivity index (χ2v) is 2.53. The Kier molecular flexibility index (Phi) is 3.75. The maximum atomic E-state index is 11.2. The molecule has 0 aliphatic heterocycles. The lowest BCUT2D eigenvalue weighted by molar-refractivity contribution is -0.0621. The molecule has 0 saturated carbocycles. The molecule has 1 aromatic rings. The molecule has 0 radical (unpaired) electrons. The van der Waals surface area contributed by atoms with Crippen molar-refractivity contribution in [2.75, 3.05) is 6.54 Å². The molecule has 0 aromatic heterocycles. The largest absolute Gasteiger partial charge is 0.444 e. The Morgan fingerprint density at radius 1 is 1.38 bits per heavy atom. The van der Waals surface area contributed by atoms with Crippen LogP contribution in [0.1, 0.15) is 5.56 Å². The van der Waals surface area contributed by atoms with E-state index in [4.69, 9.17) is 0 Å². The van der Waals surface area contributed by atoms with Crippen molar-refractivity contribution in [3.63, 3.8) is 0 Å². The zero-order valence-corrected chi connectivity index (χ0v) is 7.00. The molecule has 0 heterocycles. The summed E-state index contributed by atoms with van der Waals surface area (Å²) in [4.78, 5) is 13.2. The Hall–Kier alpha value is -1.58. The molecule has 1 aromatic carbocycles. The maximum absolute atomic E-state index is 11.2. The number of benzene rings is 1. The summed E-state index contributed by atoms with van der Waals surface area (Å²) >= 11 is 0. The van der Waals surface area contributed by atoms with E-state index >= 15 is 0 Å². The van der Waals surface area contributed by atoms with E-state index in [1.165, 1.54) is 0 Å². The highest BCUT2D eigenvalue weighted by molar-refractivity contribution is 5.66. The molecule has 70 valence electrons. The highest BCUT2D eigenvalue weighted by atomic mass is 19.3. The number of hydrogen-bond acceptors (Lipinski definition) is 2. The van der Waals surface area contributed by atoms with Crippen LogP contribution < -0.4 is 5.32 Å². The molecule has 13 heavy (non-hydrogen) atoms. The highest BCUT2D eigenvalue weighted by Gasteiger charge is 1.99. The Balaban J connectivity index is 2.24. The molecule has 0 atom stereocenters. The summed E-state index contributed by atoms with van der Waals surface area (Å²) in [5.41, 5.74) is 1.08. The third-order valence-electron chi connectivity index (χ3n) is 1.60. The van der Waals surface area contributed by atoms with E-state index in [2.05, 4.69) is 10.3 Å². The van der Waals surface area contributed by atoms with Gasteiger partial charge in [-0.25, -0.2) is 9.74 Å². The molecule has 4 heteroatoms. The molecule has 1 N–H and O–H groups in total. The van der Waals surface area contributed by atoms with Gasteiger partial charge in [0, 0.05) is 11.1 Å². The molecule has 1 amide bonds. The van der Waals surface area contributed by atoms with Crippen molar-refractivity contribution < 1.29 is 14.3 Å². The topological polar surface area (TPSA) is 38.3 Å². The van der Waals surface area contributed by atoms with Crippen LogP contribution in [0.25, 0.3) is 0 Å². The lowest BCUT2D eigenvalue weighted by Gasteiger charge is -2.00. The van der Waals surface area contributed by atoms with E-state index in [9.17, 15) is 9.32 Å². The molecule has 0 bridgehead atoms. The third-order valence-corrected chi connectivity index (χ3v) is 1.60. The van der Waals surface area contributed by atoms with Crippen LogP contribution in [0, 0.1) is 0 Å². The summed E-state index contributed by atoms with van der Waals surface area (Å²) in [7, 11) is 0. The molecule has 1 rings (SSSR count). The summed E-state index contributed by atoms with van der Waals surface area (Å²) in [6.07, 6.45) is -0.383. The Morgan fingerprint density at radius 2 is 2.08 bits per heavy atom. The lowest BCUT2D eigenvalue weighted by atomic mass is 10.1. The molecule has 0 fully saturated rings. The highest BCUT2D eigenvalue weighted by Crippen LogP contribution is 1.97. The monoisotopic (exact) mass is 183 g/mol. The molecule has 0 aliphatic carbocycles. The lowest BCUT2D eigenvalue weighted by Crippen LogP contribution is -2.24. The number of rotatable bonds is 3. The van der Waals surface area contributed by atoms with Crippen LogP contribution in [0.15, 0.2) is 30.3 Å². The molecule has 0 spiro atoms. The van der Waals surface area contributed by atoms with Gasteiger partial charge in [0.05, 0.1) is 0 Å². The van der Waals surface area contributed by atoms with Gasteiger partial charge in [-0.05, 0) is 12.0 Å². The fourth-order valence-corrected chi connectivity index (χ4v) is 0.981. The Bertz CT molecular complexity index is 264. The van der Waals surface area contributed by atoms with Crippen molar-refractivity contribution >= 4 is 6.09 Å². The van der Waals surface area contributed by atoms with Gasteiger partial charge in [0.2, 0.25) is 0 Å². The predicted octanol–water partition coefficient (Wildman–Crippen LogP) is 1.84. The van der Waals surface area contributed by atoms with Crippen molar-refractivity contribution in [1.82, 2.24) is 5.32 Å². The number of halogens is 1. The van der Waals surface area contributed by atoms with E-state index < -0.39 is 6.09 Å². The average molecular weight is 183 g/mol. The molecule has 0 aliphatic rings. The van der Waals surface area contributed by atoms with Gasteiger partial charge in [-0.2, -0.15) is 0 Å². The molecule has 0 saturated heterocycles. The van der Waals surface area contributed by atoms with Crippen LogP contribution in [0.2, 0.25) is 0 Å². The second-order valence-electron chi connectivity index (χ2n) is 2.53. The van der Waals surface area contributed by atoms with Crippen LogP contribution in [-0.2, 0) is 11.4 Å². The smallest absolute Gasteiger partial charge is 0.319 e. The molecule has 3 nitrogen and oxygen atoms in total. The normalized spacial score (nSPS) is 9.31. The Labute approximate surface area is 75.4 Å². The standard InChI is InChI=1S/C9H10FNO2/c10-13-9(12)11-7-6-8-4-2-1-3-5-8/h1-5H,6-7H2,(H,11,12). The van der Waals surface area contributed by atoms with Gasteiger partial charge in [0.1, 0.15) is 0 Å². The number of carbonyl (C=O) groups is 1. The maximum Gasteiger partial charge on any atom is 0.444 e. The van der Waals surface area contributed by atoms with E-state index in [0.29, 0.717) is 13.0 Å². The number of hydrogen-bond donors (Lipinski definition) is 1. The summed E-state index contributed by atoms with van der Waals surface area (Å²) in [6, 6.07) is 9.59. The van der Waals surface area contributed by atoms with Crippen LogP contribution in [0.3, 0.4) is 0 Å². The van der Waals surface area contributed by atoms with Crippen LogP contribution >= 0.6 is 0 Å². The minimum atomic E-state index is -1.05. The SMILES string of the molecule is O=C(NCCc1ccccc1)OF. The second kappa shape index (κ2) is 5.13. The minimum Gasteiger partial charge on any atom is -0.319 e. The fourth-order valence-electron chi connectivity index (χ4n) is 0.981. The minimum absolute atomic E-state index is 0.368. The van der Waals surface area contributed by atoms with Crippen LogP contribution in [-0.4, -0.2) is 12.6 Å². The zero-order chi connectivity index (χ0) is 9.52. The molecule has 0 unspecified atom stereocenters. The van der Waals surface area contributed by atoms with Crippen molar-refractivity contribution in [1.29, 1.82) is 0 Å². The first kappa shape index (κ1) is 9.51. The summed E-state index contributed by atoms with van der Waals surface area (Å²) < 4.78 is 11.2. The van der Waals surface area contributed by atoms with Gasteiger partial charge in [-0.3, -0.25) is 0 Å². The number of carbonyl (C=O) groups excluding carboxylic acids is 1. The first-order chi connectivity index (χ1) is 6.33. The van der Waals surface area contributed by atoms with Gasteiger partial charge < -0.3 is 5.32 Å². The Morgan fingerprint density at radius 3 is 2.69 bits per heavy atom. The quantitative estimate of drug-likeness (QED) is 0.776. The first-order valence-corrected chi connectivity index (χ1v) is 3.93. The third kappa shape index (κ3) is 3.55. The number of amides is 1. The molecular formula is C9H10FNO2. The van der Waals surface area contributed by atoms with E-state index in [1.54, 1.807) is 0 Å². The predicted molar refractivity (Wildman–Crippen MR) is 45.7 cm³/mol. The van der Waals surface area contributed by atoms with Crippen molar-refractivity contribution in [2.45, 2.75) is 6.42 Å². The van der Waals surface area contributed by atoms with Gasteiger partial charge in [-0.15, -0.1) is 0 Å². The van der Waals surface area contributed by atoms with Crippen LogP contribution in [0.5, 0.6) is 0 Å². The van der Waals surface area contributed by atoms with Crippen molar-refractivity contribution in [3.8, 4) is 0 Å². The van der Waals surface area contributed by atoms with E-state index in [1.807, 2.05) is 30.3 Å². The molecular weight excluding hydrogens is 173 g/mol.